The minimum Gasteiger partial charge on any atom is -0.466 e. The predicted molar refractivity (Wildman–Crippen MR) is 86.4 cm³/mol. The Morgan fingerprint density at radius 2 is 2.05 bits per heavy atom. The molecule has 5 nitrogen and oxygen atoms in total. The largest absolute Gasteiger partial charge is 0.466 e. The number of ether oxygens (including phenoxy) is 1. The third-order valence-corrected chi connectivity index (χ3v) is 3.87. The van der Waals surface area contributed by atoms with E-state index in [1.807, 2.05) is 14.0 Å². The lowest BCUT2D eigenvalue weighted by atomic mass is 9.97. The molecule has 0 aromatic heterocycles. The zero-order valence-corrected chi connectivity index (χ0v) is 14.0. The van der Waals surface area contributed by atoms with Crippen LogP contribution in [0.15, 0.2) is 4.99 Å². The Kier molecular flexibility index (Phi) is 8.16. The minimum atomic E-state index is -0.0444. The van der Waals surface area contributed by atoms with Gasteiger partial charge >= 0.3 is 5.97 Å². The zero-order chi connectivity index (χ0) is 15.7. The summed E-state index contributed by atoms with van der Waals surface area (Å²) in [6.45, 7) is 9.52. The topological polar surface area (TPSA) is 53.9 Å². The van der Waals surface area contributed by atoms with Gasteiger partial charge in [-0.1, -0.05) is 13.8 Å². The highest BCUT2D eigenvalue weighted by Gasteiger charge is 2.27. The second kappa shape index (κ2) is 9.64. The van der Waals surface area contributed by atoms with Crippen molar-refractivity contribution in [1.29, 1.82) is 0 Å². The minimum absolute atomic E-state index is 0.0444. The van der Waals surface area contributed by atoms with Crippen LogP contribution in [0.5, 0.6) is 0 Å². The van der Waals surface area contributed by atoms with E-state index in [1.54, 1.807) is 0 Å². The van der Waals surface area contributed by atoms with E-state index in [-0.39, 0.29) is 11.9 Å². The van der Waals surface area contributed by atoms with E-state index >= 15 is 0 Å². The van der Waals surface area contributed by atoms with Crippen LogP contribution in [0.1, 0.15) is 46.5 Å². The number of rotatable bonds is 6. The van der Waals surface area contributed by atoms with E-state index in [4.69, 9.17) is 4.74 Å². The van der Waals surface area contributed by atoms with Crippen molar-refractivity contribution in [3.05, 3.63) is 0 Å². The maximum atomic E-state index is 11.7. The Labute approximate surface area is 129 Å². The number of carbonyl (C=O) groups excluding carboxylic acids is 1. The number of aliphatic imine (C=N–C) groups is 1. The van der Waals surface area contributed by atoms with Gasteiger partial charge in [-0.3, -0.25) is 9.79 Å². The fourth-order valence-electron chi connectivity index (χ4n) is 2.63. The highest BCUT2D eigenvalue weighted by atomic mass is 16.5. The summed E-state index contributed by atoms with van der Waals surface area (Å²) in [4.78, 5) is 18.3. The third-order valence-electron chi connectivity index (χ3n) is 3.87. The first-order valence-corrected chi connectivity index (χ1v) is 8.20. The lowest BCUT2D eigenvalue weighted by Crippen LogP contribution is -2.47. The quantitative estimate of drug-likeness (QED) is 0.354. The van der Waals surface area contributed by atoms with Gasteiger partial charge < -0.3 is 15.0 Å². The highest BCUT2D eigenvalue weighted by Crippen LogP contribution is 2.18. The maximum Gasteiger partial charge on any atom is 0.309 e. The average molecular weight is 297 g/mol. The Morgan fingerprint density at radius 1 is 1.38 bits per heavy atom. The predicted octanol–water partition coefficient (Wildman–Crippen LogP) is 2.27. The zero-order valence-electron chi connectivity index (χ0n) is 14.0. The van der Waals surface area contributed by atoms with Crippen molar-refractivity contribution < 1.29 is 9.53 Å². The van der Waals surface area contributed by atoms with Gasteiger partial charge in [0.25, 0.3) is 0 Å². The molecule has 0 saturated carbocycles. The molecule has 0 aliphatic carbocycles. The van der Waals surface area contributed by atoms with Crippen LogP contribution in [-0.4, -0.2) is 50.1 Å². The van der Waals surface area contributed by atoms with Crippen LogP contribution in [0.4, 0.5) is 0 Å². The van der Waals surface area contributed by atoms with Crippen molar-refractivity contribution in [1.82, 2.24) is 10.2 Å². The van der Waals surface area contributed by atoms with Gasteiger partial charge in [0.2, 0.25) is 0 Å². The maximum absolute atomic E-state index is 11.7. The van der Waals surface area contributed by atoms with Gasteiger partial charge in [-0.05, 0) is 38.5 Å². The molecule has 0 bridgehead atoms. The van der Waals surface area contributed by atoms with Gasteiger partial charge in [-0.25, -0.2) is 0 Å². The molecule has 0 aromatic carbocycles. The highest BCUT2D eigenvalue weighted by molar-refractivity contribution is 5.80. The van der Waals surface area contributed by atoms with Crippen LogP contribution in [0.3, 0.4) is 0 Å². The van der Waals surface area contributed by atoms with Crippen molar-refractivity contribution in [2.24, 2.45) is 16.8 Å². The molecule has 122 valence electrons. The second-order valence-electron chi connectivity index (χ2n) is 6.02. The smallest absolute Gasteiger partial charge is 0.309 e. The summed E-state index contributed by atoms with van der Waals surface area (Å²) in [5.41, 5.74) is 0. The van der Waals surface area contributed by atoms with E-state index in [0.717, 1.165) is 50.8 Å². The summed E-state index contributed by atoms with van der Waals surface area (Å²) in [5, 5.41) is 3.42. The molecule has 0 aromatic rings. The van der Waals surface area contributed by atoms with E-state index in [2.05, 4.69) is 29.1 Å². The Bertz CT molecular complexity index is 334. The summed E-state index contributed by atoms with van der Waals surface area (Å²) in [6.07, 6.45) is 4.10. The average Bonchev–Trinajstić information content (AvgIpc) is 2.47. The van der Waals surface area contributed by atoms with Crippen LogP contribution in [-0.2, 0) is 9.53 Å². The van der Waals surface area contributed by atoms with Crippen LogP contribution in [0.25, 0.3) is 0 Å². The molecule has 1 heterocycles. The monoisotopic (exact) mass is 297 g/mol. The number of nitrogens with zero attached hydrogens (tertiary/aromatic N) is 2. The summed E-state index contributed by atoms with van der Waals surface area (Å²) >= 11 is 0. The molecule has 0 unspecified atom stereocenters. The molecule has 1 aliphatic heterocycles. The molecule has 0 atom stereocenters. The van der Waals surface area contributed by atoms with E-state index < -0.39 is 0 Å². The summed E-state index contributed by atoms with van der Waals surface area (Å²) in [6, 6.07) is 0. The van der Waals surface area contributed by atoms with Gasteiger partial charge in [0.1, 0.15) is 0 Å². The van der Waals surface area contributed by atoms with Crippen molar-refractivity contribution in [2.75, 3.05) is 33.3 Å². The molecule has 0 spiro atoms. The number of hydrogen-bond donors (Lipinski definition) is 1. The molecule has 1 saturated heterocycles. The third kappa shape index (κ3) is 6.36. The molecule has 5 heteroatoms. The number of likely N-dealkylation sites (tertiary alicyclic amines) is 1. The molecule has 0 radical (unpaired) electrons. The normalized spacial score (nSPS) is 17.2. The number of nitrogens with one attached hydrogen (secondary N) is 1. The summed E-state index contributed by atoms with van der Waals surface area (Å²) in [5.74, 6) is 1.72. The van der Waals surface area contributed by atoms with Crippen LogP contribution in [0, 0.1) is 11.8 Å². The standard InChI is InChI=1S/C16H31N3O2/c1-5-21-15(20)14-8-11-19(12-9-14)16(17-4)18-10-6-7-13(2)3/h13-14H,5-12H2,1-4H3,(H,17,18). The molecule has 1 fully saturated rings. The van der Waals surface area contributed by atoms with Crippen molar-refractivity contribution >= 4 is 11.9 Å². The van der Waals surface area contributed by atoms with Crippen molar-refractivity contribution in [3.8, 4) is 0 Å². The number of hydrogen-bond acceptors (Lipinski definition) is 3. The van der Waals surface area contributed by atoms with E-state index in [0.29, 0.717) is 6.61 Å². The molecule has 1 rings (SSSR count). The number of piperidine rings is 1. The number of guanidine groups is 1. The Hall–Kier alpha value is -1.26. The van der Waals surface area contributed by atoms with Gasteiger partial charge in [0, 0.05) is 26.7 Å². The summed E-state index contributed by atoms with van der Waals surface area (Å²) < 4.78 is 5.10. The molecule has 21 heavy (non-hydrogen) atoms. The molecule has 1 aliphatic rings. The molecule has 0 amide bonds. The first kappa shape index (κ1) is 17.8. The Balaban J connectivity index is 2.32. The number of carbonyl (C=O) groups is 1. The second-order valence-corrected chi connectivity index (χ2v) is 6.02. The van der Waals surface area contributed by atoms with Gasteiger partial charge in [0.05, 0.1) is 12.5 Å². The molecule has 1 N–H and O–H groups in total. The lowest BCUT2D eigenvalue weighted by molar-refractivity contribution is -0.149. The SMILES string of the molecule is CCOC(=O)C1CCN(C(=NC)NCCCC(C)C)CC1. The van der Waals surface area contributed by atoms with Crippen LogP contribution in [0.2, 0.25) is 0 Å². The first-order chi connectivity index (χ1) is 10.1. The van der Waals surface area contributed by atoms with Gasteiger partial charge in [-0.2, -0.15) is 0 Å². The van der Waals surface area contributed by atoms with Crippen molar-refractivity contribution in [3.63, 3.8) is 0 Å². The summed E-state index contributed by atoms with van der Waals surface area (Å²) in [7, 11) is 1.82. The molecular weight excluding hydrogens is 266 g/mol. The van der Waals surface area contributed by atoms with Crippen LogP contribution < -0.4 is 5.32 Å². The fourth-order valence-corrected chi connectivity index (χ4v) is 2.63. The fraction of sp³-hybridized carbons (Fsp3) is 0.875. The first-order valence-electron chi connectivity index (χ1n) is 8.20. The van der Waals surface area contributed by atoms with E-state index in [9.17, 15) is 4.79 Å². The molecular formula is C16H31N3O2. The van der Waals surface area contributed by atoms with Crippen molar-refractivity contribution in [2.45, 2.75) is 46.5 Å². The number of esters is 1. The van der Waals surface area contributed by atoms with Gasteiger partial charge in [0.15, 0.2) is 5.96 Å². The van der Waals surface area contributed by atoms with Crippen LogP contribution >= 0.6 is 0 Å². The lowest BCUT2D eigenvalue weighted by Gasteiger charge is -2.33. The Morgan fingerprint density at radius 3 is 2.57 bits per heavy atom. The van der Waals surface area contributed by atoms with E-state index in [1.165, 1.54) is 6.42 Å². The van der Waals surface area contributed by atoms with Gasteiger partial charge in [-0.15, -0.1) is 0 Å².